The molecule has 0 heterocycles. The van der Waals surface area contributed by atoms with Gasteiger partial charge < -0.3 is 9.64 Å². The second kappa shape index (κ2) is 7.59. The maximum atomic E-state index is 12.3. The molecule has 4 nitrogen and oxygen atoms in total. The molecule has 0 bridgehead atoms. The Labute approximate surface area is 130 Å². The van der Waals surface area contributed by atoms with Crippen molar-refractivity contribution in [3.8, 4) is 0 Å². The van der Waals surface area contributed by atoms with Gasteiger partial charge >= 0.3 is 5.97 Å². The van der Waals surface area contributed by atoms with Crippen LogP contribution in [0, 0.1) is 0 Å². The van der Waals surface area contributed by atoms with Gasteiger partial charge in [0.05, 0.1) is 6.61 Å². The molecule has 124 valence electrons. The summed E-state index contributed by atoms with van der Waals surface area (Å²) in [6.07, 6.45) is 5.30. The summed E-state index contributed by atoms with van der Waals surface area (Å²) in [5, 5.41) is 3.49. The topological polar surface area (TPSA) is 41.6 Å². The van der Waals surface area contributed by atoms with E-state index in [4.69, 9.17) is 4.74 Å². The van der Waals surface area contributed by atoms with Crippen LogP contribution >= 0.6 is 0 Å². The lowest BCUT2D eigenvalue weighted by molar-refractivity contribution is -0.151. The minimum Gasteiger partial charge on any atom is -0.465 e. The van der Waals surface area contributed by atoms with Crippen molar-refractivity contribution >= 4 is 5.97 Å². The normalized spacial score (nSPS) is 18.6. The van der Waals surface area contributed by atoms with Gasteiger partial charge in [-0.15, -0.1) is 0 Å². The monoisotopic (exact) mass is 298 g/mol. The van der Waals surface area contributed by atoms with Crippen molar-refractivity contribution in [2.75, 3.05) is 20.2 Å². The van der Waals surface area contributed by atoms with E-state index in [1.54, 1.807) is 0 Å². The number of carbonyl (C=O) groups is 1. The Morgan fingerprint density at radius 2 is 1.90 bits per heavy atom. The van der Waals surface area contributed by atoms with E-state index in [0.29, 0.717) is 12.6 Å². The van der Waals surface area contributed by atoms with E-state index < -0.39 is 5.54 Å². The van der Waals surface area contributed by atoms with Crippen molar-refractivity contribution in [2.24, 2.45) is 0 Å². The van der Waals surface area contributed by atoms with Crippen molar-refractivity contribution < 1.29 is 9.53 Å². The van der Waals surface area contributed by atoms with Gasteiger partial charge in [0.2, 0.25) is 0 Å². The molecule has 1 fully saturated rings. The molecule has 1 saturated carbocycles. The molecular formula is C17H34N2O2. The van der Waals surface area contributed by atoms with Gasteiger partial charge in [-0.25, -0.2) is 0 Å². The lowest BCUT2D eigenvalue weighted by atomic mass is 9.94. The molecule has 1 rings (SSSR count). The summed E-state index contributed by atoms with van der Waals surface area (Å²) < 4.78 is 5.27. The zero-order chi connectivity index (χ0) is 16.1. The van der Waals surface area contributed by atoms with E-state index in [1.165, 1.54) is 12.8 Å². The van der Waals surface area contributed by atoms with E-state index in [9.17, 15) is 4.79 Å². The standard InChI is InChI=1S/C17H34N2O2/c1-7-16(3,4)19(6)13-9-12-17(5,15(20)21-8-2)18-14-10-11-14/h14,18H,7-13H2,1-6H3. The Kier molecular flexibility index (Phi) is 6.67. The van der Waals surface area contributed by atoms with Gasteiger partial charge in [0.25, 0.3) is 0 Å². The van der Waals surface area contributed by atoms with Gasteiger partial charge in [0, 0.05) is 11.6 Å². The Bertz CT molecular complexity index is 340. The molecule has 1 unspecified atom stereocenters. The first-order valence-corrected chi connectivity index (χ1v) is 8.41. The summed E-state index contributed by atoms with van der Waals surface area (Å²) >= 11 is 0. The van der Waals surface area contributed by atoms with Gasteiger partial charge in [0.1, 0.15) is 5.54 Å². The molecule has 0 amide bonds. The maximum Gasteiger partial charge on any atom is 0.326 e. The van der Waals surface area contributed by atoms with E-state index >= 15 is 0 Å². The number of esters is 1. The lowest BCUT2D eigenvalue weighted by Gasteiger charge is -2.36. The minimum absolute atomic E-state index is 0.102. The molecule has 1 aliphatic rings. The molecule has 0 spiro atoms. The van der Waals surface area contributed by atoms with Gasteiger partial charge in [-0.05, 0) is 73.4 Å². The Balaban J connectivity index is 2.51. The Hall–Kier alpha value is -0.610. The minimum atomic E-state index is -0.533. The number of nitrogens with zero attached hydrogens (tertiary/aromatic N) is 1. The van der Waals surface area contributed by atoms with Crippen LogP contribution in [-0.2, 0) is 9.53 Å². The average molecular weight is 298 g/mol. The summed E-state index contributed by atoms with van der Waals surface area (Å²) in [5.74, 6) is -0.102. The molecule has 21 heavy (non-hydrogen) atoms. The largest absolute Gasteiger partial charge is 0.465 e. The maximum absolute atomic E-state index is 12.3. The van der Waals surface area contributed by atoms with Gasteiger partial charge in [0.15, 0.2) is 0 Å². The number of nitrogens with one attached hydrogen (secondary N) is 1. The van der Waals surface area contributed by atoms with Crippen LogP contribution in [0.25, 0.3) is 0 Å². The van der Waals surface area contributed by atoms with Crippen LogP contribution in [0.4, 0.5) is 0 Å². The van der Waals surface area contributed by atoms with Crippen LogP contribution in [-0.4, -0.2) is 48.2 Å². The van der Waals surface area contributed by atoms with Crippen LogP contribution in [0.1, 0.15) is 66.7 Å². The molecule has 1 N–H and O–H groups in total. The average Bonchev–Trinajstić information content (AvgIpc) is 3.22. The molecule has 1 aliphatic carbocycles. The van der Waals surface area contributed by atoms with E-state index in [2.05, 4.69) is 38.0 Å². The van der Waals surface area contributed by atoms with Gasteiger partial charge in [-0.3, -0.25) is 10.1 Å². The molecule has 0 aromatic carbocycles. The summed E-state index contributed by atoms with van der Waals surface area (Å²) in [4.78, 5) is 14.6. The highest BCUT2D eigenvalue weighted by Gasteiger charge is 2.39. The Morgan fingerprint density at radius 1 is 1.29 bits per heavy atom. The summed E-state index contributed by atoms with van der Waals surface area (Å²) in [7, 11) is 2.17. The lowest BCUT2D eigenvalue weighted by Crippen LogP contribution is -2.52. The zero-order valence-corrected chi connectivity index (χ0v) is 14.8. The predicted molar refractivity (Wildman–Crippen MR) is 87.4 cm³/mol. The SMILES string of the molecule is CCOC(=O)C(C)(CCCN(C)C(C)(C)CC)NC1CC1. The van der Waals surface area contributed by atoms with Gasteiger partial charge in [-0.2, -0.15) is 0 Å². The first kappa shape index (κ1) is 18.4. The summed E-state index contributed by atoms with van der Waals surface area (Å²) in [5.41, 5.74) is -0.321. The zero-order valence-electron chi connectivity index (χ0n) is 14.8. The third-order valence-corrected chi connectivity index (χ3v) is 4.89. The number of carbonyl (C=O) groups excluding carboxylic acids is 1. The molecule has 0 radical (unpaired) electrons. The third-order valence-electron chi connectivity index (χ3n) is 4.89. The van der Waals surface area contributed by atoms with Crippen LogP contribution < -0.4 is 5.32 Å². The van der Waals surface area contributed by atoms with Crippen molar-refractivity contribution in [2.45, 2.75) is 83.8 Å². The fourth-order valence-corrected chi connectivity index (χ4v) is 2.44. The molecule has 0 aromatic heterocycles. The molecule has 0 aliphatic heterocycles. The fraction of sp³-hybridized carbons (Fsp3) is 0.941. The first-order chi connectivity index (χ1) is 9.75. The van der Waals surface area contributed by atoms with Crippen LogP contribution in [0.3, 0.4) is 0 Å². The summed E-state index contributed by atoms with van der Waals surface area (Å²) in [6.45, 7) is 12.1. The van der Waals surface area contributed by atoms with E-state index in [0.717, 1.165) is 25.8 Å². The molecule has 0 saturated heterocycles. The third kappa shape index (κ3) is 5.59. The highest BCUT2D eigenvalue weighted by molar-refractivity contribution is 5.80. The quantitative estimate of drug-likeness (QED) is 0.630. The van der Waals surface area contributed by atoms with E-state index in [1.807, 2.05) is 13.8 Å². The number of rotatable bonds is 10. The van der Waals surface area contributed by atoms with Crippen LogP contribution in [0.15, 0.2) is 0 Å². The van der Waals surface area contributed by atoms with Crippen molar-refractivity contribution in [1.29, 1.82) is 0 Å². The molecule has 0 aromatic rings. The second-order valence-corrected chi connectivity index (χ2v) is 7.16. The van der Waals surface area contributed by atoms with E-state index in [-0.39, 0.29) is 11.5 Å². The van der Waals surface area contributed by atoms with Gasteiger partial charge in [-0.1, -0.05) is 6.92 Å². The number of ether oxygens (including phenoxy) is 1. The smallest absolute Gasteiger partial charge is 0.326 e. The molecule has 1 atom stereocenters. The fourth-order valence-electron chi connectivity index (χ4n) is 2.44. The highest BCUT2D eigenvalue weighted by Crippen LogP contribution is 2.26. The first-order valence-electron chi connectivity index (χ1n) is 8.41. The molecule has 4 heteroatoms. The number of hydrogen-bond acceptors (Lipinski definition) is 4. The van der Waals surface area contributed by atoms with Crippen LogP contribution in [0.5, 0.6) is 0 Å². The van der Waals surface area contributed by atoms with Crippen molar-refractivity contribution in [3.63, 3.8) is 0 Å². The summed E-state index contributed by atoms with van der Waals surface area (Å²) in [6, 6.07) is 0.504. The second-order valence-electron chi connectivity index (χ2n) is 7.16. The highest BCUT2D eigenvalue weighted by atomic mass is 16.5. The number of hydrogen-bond donors (Lipinski definition) is 1. The molecular weight excluding hydrogens is 264 g/mol. The van der Waals surface area contributed by atoms with Crippen LogP contribution in [0.2, 0.25) is 0 Å². The Morgan fingerprint density at radius 3 is 2.38 bits per heavy atom. The van der Waals surface area contributed by atoms with Crippen molar-refractivity contribution in [3.05, 3.63) is 0 Å². The predicted octanol–water partition coefficient (Wildman–Crippen LogP) is 2.96. The van der Waals surface area contributed by atoms with Crippen molar-refractivity contribution in [1.82, 2.24) is 10.2 Å².